The summed E-state index contributed by atoms with van der Waals surface area (Å²) in [6.45, 7) is 5.46. The van der Waals surface area contributed by atoms with E-state index >= 15 is 0 Å². The lowest BCUT2D eigenvalue weighted by Crippen LogP contribution is -2.45. The highest BCUT2D eigenvalue weighted by molar-refractivity contribution is 6.02. The maximum atomic E-state index is 12.7. The van der Waals surface area contributed by atoms with Crippen LogP contribution >= 0.6 is 0 Å². The van der Waals surface area contributed by atoms with Gasteiger partial charge in [-0.1, -0.05) is 38.1 Å². The van der Waals surface area contributed by atoms with Crippen LogP contribution in [0.15, 0.2) is 24.3 Å². The van der Waals surface area contributed by atoms with Crippen LogP contribution < -0.4 is 0 Å². The minimum atomic E-state index is -0.697. The first-order valence-corrected chi connectivity index (χ1v) is 6.87. The lowest BCUT2D eigenvalue weighted by Gasteiger charge is -2.34. The molecule has 1 fully saturated rings. The standard InChI is InChI=1S/C16H22O3/c1-12(2)13-4-6-14(7-5-13)15(17)16(18-3)8-10-19-11-9-16/h4-7,12H,8-11H2,1-3H3. The number of hydrogen-bond acceptors (Lipinski definition) is 3. The Morgan fingerprint density at radius 1 is 1.21 bits per heavy atom. The SMILES string of the molecule is COC1(C(=O)c2ccc(C(C)C)cc2)CCOCC1. The van der Waals surface area contributed by atoms with Gasteiger partial charge in [0.1, 0.15) is 5.60 Å². The quantitative estimate of drug-likeness (QED) is 0.782. The number of rotatable bonds is 4. The van der Waals surface area contributed by atoms with E-state index in [0.717, 1.165) is 5.56 Å². The van der Waals surface area contributed by atoms with E-state index in [-0.39, 0.29) is 5.78 Å². The molecule has 0 bridgehead atoms. The number of methoxy groups -OCH3 is 1. The second-order valence-electron chi connectivity index (χ2n) is 5.42. The highest BCUT2D eigenvalue weighted by atomic mass is 16.5. The van der Waals surface area contributed by atoms with Gasteiger partial charge in [-0.3, -0.25) is 4.79 Å². The highest BCUT2D eigenvalue weighted by Crippen LogP contribution is 2.29. The Morgan fingerprint density at radius 3 is 2.26 bits per heavy atom. The molecule has 3 heteroatoms. The summed E-state index contributed by atoms with van der Waals surface area (Å²) in [5.74, 6) is 0.553. The van der Waals surface area contributed by atoms with E-state index in [4.69, 9.17) is 9.47 Å². The molecule has 0 spiro atoms. The first-order chi connectivity index (χ1) is 9.09. The summed E-state index contributed by atoms with van der Waals surface area (Å²) in [5, 5.41) is 0. The van der Waals surface area contributed by atoms with E-state index in [9.17, 15) is 4.79 Å². The number of carbonyl (C=O) groups is 1. The van der Waals surface area contributed by atoms with Crippen LogP contribution in [-0.4, -0.2) is 31.7 Å². The van der Waals surface area contributed by atoms with Crippen molar-refractivity contribution in [1.29, 1.82) is 0 Å². The maximum absolute atomic E-state index is 12.7. The van der Waals surface area contributed by atoms with Crippen molar-refractivity contribution < 1.29 is 14.3 Å². The lowest BCUT2D eigenvalue weighted by atomic mass is 9.85. The number of ketones is 1. The molecule has 0 amide bonds. The molecule has 2 rings (SSSR count). The minimum Gasteiger partial charge on any atom is -0.381 e. The maximum Gasteiger partial charge on any atom is 0.194 e. The Kier molecular flexibility index (Phi) is 4.38. The fourth-order valence-electron chi connectivity index (χ4n) is 2.51. The van der Waals surface area contributed by atoms with Gasteiger partial charge in [0, 0.05) is 38.7 Å². The first kappa shape index (κ1) is 14.2. The van der Waals surface area contributed by atoms with Crippen LogP contribution in [-0.2, 0) is 9.47 Å². The second-order valence-corrected chi connectivity index (χ2v) is 5.42. The topological polar surface area (TPSA) is 35.5 Å². The highest BCUT2D eigenvalue weighted by Gasteiger charge is 2.40. The van der Waals surface area contributed by atoms with Crippen molar-refractivity contribution in [2.24, 2.45) is 0 Å². The molecule has 104 valence electrons. The van der Waals surface area contributed by atoms with Gasteiger partial charge in [-0.05, 0) is 11.5 Å². The summed E-state index contributed by atoms with van der Waals surface area (Å²) in [5.41, 5.74) is 1.28. The van der Waals surface area contributed by atoms with Crippen molar-refractivity contribution in [2.75, 3.05) is 20.3 Å². The average molecular weight is 262 g/mol. The van der Waals surface area contributed by atoms with E-state index < -0.39 is 5.60 Å². The predicted molar refractivity (Wildman–Crippen MR) is 74.7 cm³/mol. The average Bonchev–Trinajstić information content (AvgIpc) is 2.47. The van der Waals surface area contributed by atoms with Crippen molar-refractivity contribution in [3.05, 3.63) is 35.4 Å². The van der Waals surface area contributed by atoms with Crippen LogP contribution in [0.3, 0.4) is 0 Å². The van der Waals surface area contributed by atoms with Crippen LogP contribution in [0, 0.1) is 0 Å². The largest absolute Gasteiger partial charge is 0.381 e. The predicted octanol–water partition coefficient (Wildman–Crippen LogP) is 3.19. The van der Waals surface area contributed by atoms with Gasteiger partial charge >= 0.3 is 0 Å². The molecule has 1 aromatic rings. The number of Topliss-reactive ketones (excluding diaryl/α,β-unsaturated/α-hetero) is 1. The normalized spacial score (nSPS) is 18.5. The van der Waals surface area contributed by atoms with E-state index in [2.05, 4.69) is 13.8 Å². The smallest absolute Gasteiger partial charge is 0.194 e. The van der Waals surface area contributed by atoms with E-state index in [1.807, 2.05) is 24.3 Å². The molecule has 0 N–H and O–H groups in total. The van der Waals surface area contributed by atoms with Crippen molar-refractivity contribution in [3.63, 3.8) is 0 Å². The Labute approximate surface area is 114 Å². The zero-order valence-corrected chi connectivity index (χ0v) is 11.9. The van der Waals surface area contributed by atoms with E-state index in [1.54, 1.807) is 7.11 Å². The molecule has 1 heterocycles. The number of carbonyl (C=O) groups excluding carboxylic acids is 1. The molecule has 1 saturated heterocycles. The van der Waals surface area contributed by atoms with Gasteiger partial charge in [0.25, 0.3) is 0 Å². The van der Waals surface area contributed by atoms with Gasteiger partial charge in [0.05, 0.1) is 0 Å². The fourth-order valence-corrected chi connectivity index (χ4v) is 2.51. The molecule has 1 aromatic carbocycles. The summed E-state index contributed by atoms with van der Waals surface area (Å²) < 4.78 is 10.9. The summed E-state index contributed by atoms with van der Waals surface area (Å²) >= 11 is 0. The van der Waals surface area contributed by atoms with Crippen molar-refractivity contribution >= 4 is 5.78 Å². The van der Waals surface area contributed by atoms with Crippen LogP contribution in [0.5, 0.6) is 0 Å². The van der Waals surface area contributed by atoms with Crippen molar-refractivity contribution in [1.82, 2.24) is 0 Å². The third kappa shape index (κ3) is 2.88. The molecule has 1 aliphatic rings. The van der Waals surface area contributed by atoms with Crippen LogP contribution in [0.25, 0.3) is 0 Å². The third-order valence-corrected chi connectivity index (χ3v) is 3.94. The van der Waals surface area contributed by atoms with Crippen LogP contribution in [0.2, 0.25) is 0 Å². The first-order valence-electron chi connectivity index (χ1n) is 6.87. The van der Waals surface area contributed by atoms with Gasteiger partial charge in [-0.2, -0.15) is 0 Å². The fraction of sp³-hybridized carbons (Fsp3) is 0.562. The van der Waals surface area contributed by atoms with Gasteiger partial charge in [0.15, 0.2) is 5.78 Å². The second kappa shape index (κ2) is 5.85. The molecule has 0 atom stereocenters. The molecular formula is C16H22O3. The van der Waals surface area contributed by atoms with Crippen molar-refractivity contribution in [3.8, 4) is 0 Å². The Balaban J connectivity index is 2.22. The molecule has 19 heavy (non-hydrogen) atoms. The Hall–Kier alpha value is -1.19. The van der Waals surface area contributed by atoms with Gasteiger partial charge in [-0.25, -0.2) is 0 Å². The molecule has 0 saturated carbocycles. The van der Waals surface area contributed by atoms with Gasteiger partial charge in [0.2, 0.25) is 0 Å². The summed E-state index contributed by atoms with van der Waals surface area (Å²) in [6.07, 6.45) is 1.27. The van der Waals surface area contributed by atoms with Crippen LogP contribution in [0.4, 0.5) is 0 Å². The zero-order valence-electron chi connectivity index (χ0n) is 11.9. The molecule has 1 aliphatic heterocycles. The minimum absolute atomic E-state index is 0.0774. The Morgan fingerprint density at radius 2 is 1.79 bits per heavy atom. The monoisotopic (exact) mass is 262 g/mol. The number of benzene rings is 1. The summed E-state index contributed by atoms with van der Waals surface area (Å²) in [4.78, 5) is 12.7. The summed E-state index contributed by atoms with van der Waals surface area (Å²) in [7, 11) is 1.62. The molecule has 3 nitrogen and oxygen atoms in total. The molecule has 0 aliphatic carbocycles. The summed E-state index contributed by atoms with van der Waals surface area (Å²) in [6, 6.07) is 7.88. The van der Waals surface area contributed by atoms with E-state index in [0.29, 0.717) is 32.0 Å². The Bertz CT molecular complexity index is 428. The third-order valence-electron chi connectivity index (χ3n) is 3.94. The number of ether oxygens (including phenoxy) is 2. The molecule has 0 radical (unpaired) electrons. The lowest BCUT2D eigenvalue weighted by molar-refractivity contribution is -0.0663. The zero-order chi connectivity index (χ0) is 13.9. The van der Waals surface area contributed by atoms with Gasteiger partial charge < -0.3 is 9.47 Å². The number of hydrogen-bond donors (Lipinski definition) is 0. The van der Waals surface area contributed by atoms with Crippen molar-refractivity contribution in [2.45, 2.75) is 38.2 Å². The van der Waals surface area contributed by atoms with Gasteiger partial charge in [-0.15, -0.1) is 0 Å². The molecule has 0 aromatic heterocycles. The molecular weight excluding hydrogens is 240 g/mol. The molecule has 0 unspecified atom stereocenters. The van der Waals surface area contributed by atoms with E-state index in [1.165, 1.54) is 5.56 Å². The van der Waals surface area contributed by atoms with Crippen LogP contribution in [0.1, 0.15) is 48.5 Å².